The number of aromatic nitrogens is 7. The zero-order valence-corrected chi connectivity index (χ0v) is 34.3. The maximum absolute atomic E-state index is 15.1. The van der Waals surface area contributed by atoms with Crippen molar-refractivity contribution in [3.63, 3.8) is 0 Å². The lowest BCUT2D eigenvalue weighted by Gasteiger charge is -2.26. The molecular formula is C39H36F7N9O3S3. The highest BCUT2D eigenvalue weighted by atomic mass is 32.2. The first-order valence-electron chi connectivity index (χ1n) is 18.8. The van der Waals surface area contributed by atoms with E-state index in [0.29, 0.717) is 29.6 Å². The highest BCUT2D eigenvalue weighted by Crippen LogP contribution is 2.38. The van der Waals surface area contributed by atoms with E-state index in [1.54, 1.807) is 24.3 Å². The number of hydrogen-bond donors (Lipinski definition) is 3. The van der Waals surface area contributed by atoms with E-state index in [2.05, 4.69) is 35.3 Å². The number of thioether (sulfide) groups is 2. The van der Waals surface area contributed by atoms with Gasteiger partial charge in [-0.1, -0.05) is 41.7 Å². The van der Waals surface area contributed by atoms with Crippen LogP contribution in [0.2, 0.25) is 0 Å². The molecule has 2 atom stereocenters. The average Bonchev–Trinajstić information content (AvgIpc) is 4.01. The van der Waals surface area contributed by atoms with Crippen molar-refractivity contribution in [3.8, 4) is 0 Å². The van der Waals surface area contributed by atoms with Crippen molar-refractivity contribution < 1.29 is 45.4 Å². The van der Waals surface area contributed by atoms with Crippen molar-refractivity contribution in [2.24, 2.45) is 5.73 Å². The van der Waals surface area contributed by atoms with Gasteiger partial charge in [0, 0.05) is 41.5 Å². The van der Waals surface area contributed by atoms with Crippen LogP contribution in [0.15, 0.2) is 71.0 Å². The number of fused-ring (bicyclic) bond motifs is 2. The van der Waals surface area contributed by atoms with Gasteiger partial charge in [0.05, 0.1) is 44.8 Å². The summed E-state index contributed by atoms with van der Waals surface area (Å²) >= 11 is 2.67. The molecule has 0 aliphatic carbocycles. The lowest BCUT2D eigenvalue weighted by Crippen LogP contribution is -2.28. The second kappa shape index (κ2) is 18.0. The van der Waals surface area contributed by atoms with Gasteiger partial charge in [0.1, 0.15) is 10.1 Å². The number of aliphatic hydroxyl groups is 1. The van der Waals surface area contributed by atoms with E-state index in [4.69, 9.17) is 5.73 Å². The number of Topliss-reactive ketones (excluding diaryl/α,β-unsaturated/α-hetero) is 2. The van der Waals surface area contributed by atoms with Crippen molar-refractivity contribution >= 4 is 68.4 Å². The molecule has 0 radical (unpaired) electrons. The van der Waals surface area contributed by atoms with E-state index in [0.717, 1.165) is 34.9 Å². The number of nitrogens with one attached hydrogen (secondary N) is 1. The van der Waals surface area contributed by atoms with Gasteiger partial charge < -0.3 is 16.2 Å². The van der Waals surface area contributed by atoms with Gasteiger partial charge in [-0.2, -0.15) is 31.4 Å². The van der Waals surface area contributed by atoms with Crippen molar-refractivity contribution in [2.75, 3.05) is 31.1 Å². The second-order valence-corrected chi connectivity index (χ2v) is 17.3. The molecule has 4 N–H and O–H groups in total. The Bertz CT molecular complexity index is 2550. The normalized spacial score (nSPS) is 17.0. The Kier molecular flexibility index (Phi) is 13.1. The standard InChI is InChI=1S/C39H36F7N9O3S3/c40-36(13-15-48-21-36)29-9-7-22(17-49-29)26(56)19-59-33-24-18-50-55(31(24)52-35(54-33)39(44,45)46)16-4-3-11-37(58,12-14-47)30-10-8-28(61-30)27(57)20-60-32-23-5-1-2-6-25(23)51-34(53-32)38(41,42)43/h1-2,5-10,17-18,48,58H,3-4,11-16,19-21,47H2. The number of rotatable bonds is 17. The molecule has 0 saturated carbocycles. The van der Waals surface area contributed by atoms with E-state index < -0.39 is 41.1 Å². The van der Waals surface area contributed by atoms with Crippen LogP contribution in [0.1, 0.15) is 74.4 Å². The van der Waals surface area contributed by atoms with E-state index in [1.165, 1.54) is 41.3 Å². The van der Waals surface area contributed by atoms with Crippen LogP contribution in [0, 0.1) is 0 Å². The molecule has 0 amide bonds. The van der Waals surface area contributed by atoms with Crippen LogP contribution < -0.4 is 11.1 Å². The van der Waals surface area contributed by atoms with Crippen LogP contribution >= 0.6 is 34.9 Å². The highest BCUT2D eigenvalue weighted by molar-refractivity contribution is 8.00. The number of nitrogens with zero attached hydrogens (tertiary/aromatic N) is 7. The number of carbonyl (C=O) groups is 2. The first-order valence-corrected chi connectivity index (χ1v) is 21.6. The Morgan fingerprint density at radius 3 is 2.23 bits per heavy atom. The summed E-state index contributed by atoms with van der Waals surface area (Å²) in [5.41, 5.74) is 3.11. The zero-order chi connectivity index (χ0) is 43.6. The molecule has 12 nitrogen and oxygen atoms in total. The summed E-state index contributed by atoms with van der Waals surface area (Å²) < 4.78 is 98.7. The molecule has 1 aliphatic heterocycles. The van der Waals surface area contributed by atoms with Gasteiger partial charge in [-0.3, -0.25) is 14.6 Å². The number of para-hydroxylation sites is 1. The largest absolute Gasteiger partial charge is 0.451 e. The quantitative estimate of drug-likeness (QED) is 0.0266. The average molecular weight is 908 g/mol. The number of aryl methyl sites for hydroxylation is 1. The minimum absolute atomic E-state index is 0.00433. The lowest BCUT2D eigenvalue weighted by atomic mass is 9.91. The number of thiophene rings is 1. The second-order valence-electron chi connectivity index (χ2n) is 14.3. The zero-order valence-electron chi connectivity index (χ0n) is 31.9. The van der Waals surface area contributed by atoms with Crippen molar-refractivity contribution in [3.05, 3.63) is 93.6 Å². The summed E-state index contributed by atoms with van der Waals surface area (Å²) in [6.07, 6.45) is -5.87. The monoisotopic (exact) mass is 907 g/mol. The fraction of sp³-hybridized carbons (Fsp3) is 0.385. The lowest BCUT2D eigenvalue weighted by molar-refractivity contribution is -0.145. The molecule has 5 aromatic heterocycles. The number of halogens is 7. The summed E-state index contributed by atoms with van der Waals surface area (Å²) in [4.78, 5) is 45.8. The van der Waals surface area contributed by atoms with Crippen LogP contribution in [-0.4, -0.2) is 82.5 Å². The van der Waals surface area contributed by atoms with Gasteiger partial charge >= 0.3 is 12.4 Å². The van der Waals surface area contributed by atoms with Crippen LogP contribution in [0.25, 0.3) is 21.9 Å². The Morgan fingerprint density at radius 2 is 1.56 bits per heavy atom. The van der Waals surface area contributed by atoms with Crippen LogP contribution in [0.3, 0.4) is 0 Å². The Morgan fingerprint density at radius 1 is 0.852 bits per heavy atom. The molecule has 6 aromatic rings. The minimum Gasteiger partial charge on any atom is -0.384 e. The third-order valence-electron chi connectivity index (χ3n) is 9.97. The van der Waals surface area contributed by atoms with Gasteiger partial charge in [-0.15, -0.1) is 11.3 Å². The van der Waals surface area contributed by atoms with Gasteiger partial charge in [0.2, 0.25) is 11.6 Å². The molecule has 0 spiro atoms. The minimum atomic E-state index is -4.90. The third kappa shape index (κ3) is 10.0. The molecule has 322 valence electrons. The highest BCUT2D eigenvalue weighted by Gasteiger charge is 2.39. The van der Waals surface area contributed by atoms with E-state index in [-0.39, 0.29) is 98.9 Å². The van der Waals surface area contributed by atoms with Gasteiger partial charge in [0.25, 0.3) is 0 Å². The summed E-state index contributed by atoms with van der Waals surface area (Å²) in [7, 11) is 0. The smallest absolute Gasteiger partial charge is 0.384 e. The third-order valence-corrected chi connectivity index (χ3v) is 13.3. The summed E-state index contributed by atoms with van der Waals surface area (Å²) in [6.45, 7) is 0.810. The number of pyridine rings is 1. The predicted molar refractivity (Wildman–Crippen MR) is 215 cm³/mol. The number of benzene rings is 1. The number of alkyl halides is 7. The number of nitrogens with two attached hydrogens (primary N) is 1. The van der Waals surface area contributed by atoms with Crippen molar-refractivity contribution in [1.82, 2.24) is 40.0 Å². The predicted octanol–water partition coefficient (Wildman–Crippen LogP) is 7.78. The molecule has 6 heterocycles. The molecule has 7 rings (SSSR count). The molecule has 0 bridgehead atoms. The summed E-state index contributed by atoms with van der Waals surface area (Å²) in [5.74, 6) is -4.07. The fourth-order valence-corrected chi connectivity index (χ4v) is 9.74. The number of ketones is 2. The number of unbranched alkanes of at least 4 members (excludes halogenated alkanes) is 1. The summed E-state index contributed by atoms with van der Waals surface area (Å²) in [6, 6.07) is 12.2. The van der Waals surface area contributed by atoms with Crippen molar-refractivity contribution in [1.29, 1.82) is 0 Å². The maximum Gasteiger partial charge on any atom is 0.451 e. The SMILES string of the molecule is NCCC(O)(CCCCn1ncc2c(SCC(=O)c3ccc(C4(F)CCNC4)nc3)nc(C(F)(F)F)nc21)c1ccc(C(=O)CSc2nc(C(F)(F)F)nc3ccccc23)s1. The van der Waals surface area contributed by atoms with E-state index in [1.807, 2.05) is 0 Å². The fourth-order valence-electron chi connectivity index (χ4n) is 6.77. The molecular weight excluding hydrogens is 872 g/mol. The molecule has 22 heteroatoms. The maximum atomic E-state index is 15.1. The Hall–Kier alpha value is -4.61. The first kappa shape index (κ1) is 44.4. The van der Waals surface area contributed by atoms with Gasteiger partial charge in [-0.05, 0) is 69.1 Å². The van der Waals surface area contributed by atoms with Crippen molar-refractivity contribution in [2.45, 2.75) is 72.3 Å². The van der Waals surface area contributed by atoms with Gasteiger partial charge in [-0.25, -0.2) is 29.0 Å². The topological polar surface area (TPSA) is 175 Å². The molecule has 2 unspecified atom stereocenters. The number of hydrogen-bond acceptors (Lipinski definition) is 14. The summed E-state index contributed by atoms with van der Waals surface area (Å²) in [5, 5.41) is 19.4. The van der Waals surface area contributed by atoms with Crippen LogP contribution in [0.4, 0.5) is 30.7 Å². The Balaban J connectivity index is 0.990. The molecule has 61 heavy (non-hydrogen) atoms. The number of carbonyl (C=O) groups excluding carboxylic acids is 2. The molecule has 1 aromatic carbocycles. The Labute approximate surface area is 355 Å². The van der Waals surface area contributed by atoms with Crippen LogP contribution in [-0.2, 0) is 30.2 Å². The van der Waals surface area contributed by atoms with Gasteiger partial charge in [0.15, 0.2) is 22.9 Å². The molecule has 1 saturated heterocycles. The molecule has 1 fully saturated rings. The van der Waals surface area contributed by atoms with Crippen LogP contribution in [0.5, 0.6) is 0 Å². The van der Waals surface area contributed by atoms with E-state index in [9.17, 15) is 41.0 Å². The van der Waals surface area contributed by atoms with E-state index >= 15 is 4.39 Å². The first-order chi connectivity index (χ1) is 29.0. The molecule has 1 aliphatic rings.